The lowest BCUT2D eigenvalue weighted by Crippen LogP contribution is -2.11. The number of nitriles is 1. The van der Waals surface area contributed by atoms with Gasteiger partial charge in [-0.3, -0.25) is 9.59 Å². The number of amides is 1. The van der Waals surface area contributed by atoms with Crippen LogP contribution in [0.3, 0.4) is 0 Å². The van der Waals surface area contributed by atoms with Gasteiger partial charge in [0, 0.05) is 5.69 Å². The van der Waals surface area contributed by atoms with Gasteiger partial charge in [-0.2, -0.15) is 5.26 Å². The lowest BCUT2D eigenvalue weighted by Gasteiger charge is -2.08. The van der Waals surface area contributed by atoms with Gasteiger partial charge in [-0.1, -0.05) is 12.1 Å². The molecule has 0 aliphatic carbocycles. The van der Waals surface area contributed by atoms with Crippen LogP contribution in [0.25, 0.3) is 0 Å². The Balaban J connectivity index is 2.87. The van der Waals surface area contributed by atoms with E-state index in [1.807, 2.05) is 0 Å². The average Bonchev–Trinajstić information content (AvgIpc) is 2.22. The zero-order valence-corrected chi connectivity index (χ0v) is 9.36. The Labute approximate surface area is 98.7 Å². The Bertz CT molecular complexity index is 489. The van der Waals surface area contributed by atoms with Crippen LogP contribution < -0.4 is 5.32 Å². The van der Waals surface area contributed by atoms with Gasteiger partial charge in [-0.25, -0.2) is 0 Å². The highest BCUT2D eigenvalue weighted by Crippen LogP contribution is 2.17. The molecule has 0 bridgehead atoms. The van der Waals surface area contributed by atoms with Crippen molar-refractivity contribution in [1.82, 2.24) is 0 Å². The Hall–Kier alpha value is -2.35. The van der Waals surface area contributed by atoms with Crippen molar-refractivity contribution in [2.75, 3.05) is 5.32 Å². The second kappa shape index (κ2) is 5.66. The molecule has 0 unspecified atom stereocenters. The highest BCUT2D eigenvalue weighted by Gasteiger charge is 2.07. The molecule has 5 nitrogen and oxygen atoms in total. The number of aliphatic carboxylic acids is 1. The largest absolute Gasteiger partial charge is 0.481 e. The summed E-state index contributed by atoms with van der Waals surface area (Å²) >= 11 is 0. The van der Waals surface area contributed by atoms with E-state index in [0.717, 1.165) is 5.56 Å². The molecule has 1 rings (SSSR count). The number of hydrogen-bond donors (Lipinski definition) is 2. The van der Waals surface area contributed by atoms with Crippen LogP contribution in [0.4, 0.5) is 5.69 Å². The van der Waals surface area contributed by atoms with Crippen molar-refractivity contribution in [2.45, 2.75) is 19.8 Å². The number of nitrogens with one attached hydrogen (secondary N) is 1. The smallest absolute Gasteiger partial charge is 0.307 e. The highest BCUT2D eigenvalue weighted by atomic mass is 16.4. The minimum absolute atomic E-state index is 0.0958. The number of hydrogen-bond acceptors (Lipinski definition) is 3. The molecule has 0 aliphatic heterocycles. The first-order valence-corrected chi connectivity index (χ1v) is 5.01. The first-order chi connectivity index (χ1) is 8.02. The van der Waals surface area contributed by atoms with Crippen LogP contribution in [0.15, 0.2) is 18.2 Å². The number of carboxylic acid groups (broad SMARTS) is 1. The monoisotopic (exact) mass is 232 g/mol. The molecule has 0 saturated carbocycles. The second-order valence-electron chi connectivity index (χ2n) is 3.60. The number of aryl methyl sites for hydroxylation is 1. The van der Waals surface area contributed by atoms with Crippen LogP contribution in [-0.4, -0.2) is 17.0 Å². The quantitative estimate of drug-likeness (QED) is 0.822. The Morgan fingerprint density at radius 1 is 1.47 bits per heavy atom. The van der Waals surface area contributed by atoms with E-state index in [4.69, 9.17) is 10.4 Å². The number of carboxylic acids is 1. The average molecular weight is 232 g/mol. The normalized spacial score (nSPS) is 9.41. The highest BCUT2D eigenvalue weighted by molar-refractivity contribution is 5.93. The summed E-state index contributed by atoms with van der Waals surface area (Å²) in [4.78, 5) is 21.8. The molecule has 88 valence electrons. The summed E-state index contributed by atoms with van der Waals surface area (Å²) in [5.74, 6) is -1.33. The molecule has 0 atom stereocenters. The van der Waals surface area contributed by atoms with Gasteiger partial charge in [0.25, 0.3) is 0 Å². The third-order valence-corrected chi connectivity index (χ3v) is 2.17. The van der Waals surface area contributed by atoms with E-state index in [0.29, 0.717) is 11.3 Å². The van der Waals surface area contributed by atoms with Crippen molar-refractivity contribution in [3.8, 4) is 6.07 Å². The first kappa shape index (κ1) is 12.7. The number of carbonyl (C=O) groups is 2. The van der Waals surface area contributed by atoms with Crippen molar-refractivity contribution in [3.63, 3.8) is 0 Å². The summed E-state index contributed by atoms with van der Waals surface area (Å²) < 4.78 is 0. The topological polar surface area (TPSA) is 90.2 Å². The molecule has 1 aromatic carbocycles. The van der Waals surface area contributed by atoms with Gasteiger partial charge >= 0.3 is 5.97 Å². The summed E-state index contributed by atoms with van der Waals surface area (Å²) in [5.41, 5.74) is 1.98. The van der Waals surface area contributed by atoms with Gasteiger partial charge in [-0.15, -0.1) is 0 Å². The van der Waals surface area contributed by atoms with Gasteiger partial charge in [0.05, 0.1) is 12.5 Å². The summed E-state index contributed by atoms with van der Waals surface area (Å²) in [5, 5.41) is 19.6. The van der Waals surface area contributed by atoms with Crippen LogP contribution in [0.2, 0.25) is 0 Å². The lowest BCUT2D eigenvalue weighted by atomic mass is 10.1. The van der Waals surface area contributed by atoms with Gasteiger partial charge in [0.1, 0.15) is 6.42 Å². The lowest BCUT2D eigenvalue weighted by molar-refractivity contribution is -0.136. The Kier molecular flexibility index (Phi) is 4.23. The third-order valence-electron chi connectivity index (χ3n) is 2.17. The van der Waals surface area contributed by atoms with Gasteiger partial charge in [0.2, 0.25) is 5.91 Å². The van der Waals surface area contributed by atoms with E-state index in [-0.39, 0.29) is 12.8 Å². The fraction of sp³-hybridized carbons (Fsp3) is 0.250. The van der Waals surface area contributed by atoms with Crippen LogP contribution in [-0.2, 0) is 16.0 Å². The zero-order chi connectivity index (χ0) is 12.8. The molecule has 1 aromatic rings. The SMILES string of the molecule is Cc1ccc(CC(=O)O)cc1NC(=O)CC#N. The van der Waals surface area contributed by atoms with E-state index in [1.165, 1.54) is 0 Å². The minimum Gasteiger partial charge on any atom is -0.481 e. The molecule has 0 spiro atoms. The molecule has 0 radical (unpaired) electrons. The molecule has 0 aromatic heterocycles. The van der Waals surface area contributed by atoms with Crippen molar-refractivity contribution in [3.05, 3.63) is 29.3 Å². The molecule has 0 fully saturated rings. The predicted molar refractivity (Wildman–Crippen MR) is 61.4 cm³/mol. The van der Waals surface area contributed by atoms with E-state index >= 15 is 0 Å². The summed E-state index contributed by atoms with van der Waals surface area (Å²) in [6.07, 6.45) is -0.315. The van der Waals surface area contributed by atoms with E-state index in [1.54, 1.807) is 31.2 Å². The number of nitrogens with zero attached hydrogens (tertiary/aromatic N) is 1. The standard InChI is InChI=1S/C12H12N2O3/c1-8-2-3-9(7-12(16)17)6-10(8)14-11(15)4-5-13/h2-3,6H,4,7H2,1H3,(H,14,15)(H,16,17). The second-order valence-corrected chi connectivity index (χ2v) is 3.60. The Morgan fingerprint density at radius 2 is 2.18 bits per heavy atom. The fourth-order valence-electron chi connectivity index (χ4n) is 1.35. The van der Waals surface area contributed by atoms with Crippen LogP contribution in [0, 0.1) is 18.3 Å². The van der Waals surface area contributed by atoms with Crippen molar-refractivity contribution in [2.24, 2.45) is 0 Å². The molecule has 0 saturated heterocycles. The molecule has 2 N–H and O–H groups in total. The maximum absolute atomic E-state index is 11.2. The molecular weight excluding hydrogens is 220 g/mol. The fourth-order valence-corrected chi connectivity index (χ4v) is 1.35. The summed E-state index contributed by atoms with van der Waals surface area (Å²) in [6.45, 7) is 1.80. The van der Waals surface area contributed by atoms with Crippen molar-refractivity contribution >= 4 is 17.6 Å². The maximum atomic E-state index is 11.2. The van der Waals surface area contributed by atoms with Gasteiger partial charge in [-0.05, 0) is 24.1 Å². The molecule has 1 amide bonds. The number of carbonyl (C=O) groups excluding carboxylic acids is 1. The Morgan fingerprint density at radius 3 is 2.76 bits per heavy atom. The molecule has 17 heavy (non-hydrogen) atoms. The molecule has 0 heterocycles. The predicted octanol–water partition coefficient (Wildman–Crippen LogP) is 1.47. The number of rotatable bonds is 4. The van der Waals surface area contributed by atoms with Crippen LogP contribution in [0.1, 0.15) is 17.5 Å². The minimum atomic E-state index is -0.928. The molecule has 5 heteroatoms. The summed E-state index contributed by atoms with van der Waals surface area (Å²) in [7, 11) is 0. The molecular formula is C12H12N2O3. The van der Waals surface area contributed by atoms with Gasteiger partial charge in [0.15, 0.2) is 0 Å². The van der Waals surface area contributed by atoms with E-state index in [2.05, 4.69) is 5.32 Å². The van der Waals surface area contributed by atoms with E-state index < -0.39 is 11.9 Å². The summed E-state index contributed by atoms with van der Waals surface area (Å²) in [6, 6.07) is 6.79. The number of benzene rings is 1. The maximum Gasteiger partial charge on any atom is 0.307 e. The van der Waals surface area contributed by atoms with E-state index in [9.17, 15) is 9.59 Å². The third kappa shape index (κ3) is 3.95. The van der Waals surface area contributed by atoms with Crippen LogP contribution >= 0.6 is 0 Å². The zero-order valence-electron chi connectivity index (χ0n) is 9.36. The van der Waals surface area contributed by atoms with Gasteiger partial charge < -0.3 is 10.4 Å². The number of anilines is 1. The van der Waals surface area contributed by atoms with Crippen molar-refractivity contribution < 1.29 is 14.7 Å². The van der Waals surface area contributed by atoms with Crippen molar-refractivity contribution in [1.29, 1.82) is 5.26 Å². The van der Waals surface area contributed by atoms with Crippen LogP contribution in [0.5, 0.6) is 0 Å². The molecule has 0 aliphatic rings. The first-order valence-electron chi connectivity index (χ1n) is 5.01.